The highest BCUT2D eigenvalue weighted by atomic mass is 16.6. The van der Waals surface area contributed by atoms with Crippen LogP contribution < -0.4 is 4.74 Å². The first-order chi connectivity index (χ1) is 41.6. The summed E-state index contributed by atoms with van der Waals surface area (Å²) in [6.45, 7) is 35.5. The third-order valence-electron chi connectivity index (χ3n) is 15.3. The Balaban J connectivity index is 1.23. The van der Waals surface area contributed by atoms with Crippen LogP contribution in [0.15, 0.2) is 72.8 Å². The second kappa shape index (κ2) is 29.9. The summed E-state index contributed by atoms with van der Waals surface area (Å²) in [7, 11) is 0. The molecule has 498 valence electrons. The van der Waals surface area contributed by atoms with Crippen molar-refractivity contribution in [1.82, 2.24) is 19.6 Å². The summed E-state index contributed by atoms with van der Waals surface area (Å²) >= 11 is 0. The van der Waals surface area contributed by atoms with Crippen LogP contribution in [0.4, 0.5) is 19.2 Å². The minimum absolute atomic E-state index is 0.0613. The smallest absolute Gasteiger partial charge is 0.410 e. The van der Waals surface area contributed by atoms with Gasteiger partial charge in [-0.3, -0.25) is 14.4 Å². The quantitative estimate of drug-likeness (QED) is 0.0762. The Morgan fingerprint density at radius 3 is 1.12 bits per heavy atom. The minimum atomic E-state index is -0.748. The number of carbonyl (C=O) groups is 7. The Hall–Kier alpha value is -7.05. The van der Waals surface area contributed by atoms with Crippen molar-refractivity contribution in [3.63, 3.8) is 0 Å². The summed E-state index contributed by atoms with van der Waals surface area (Å²) in [5, 5.41) is 0. The van der Waals surface area contributed by atoms with Gasteiger partial charge in [0.15, 0.2) is 0 Å². The Morgan fingerprint density at radius 1 is 0.433 bits per heavy atom. The van der Waals surface area contributed by atoms with Crippen LogP contribution in [0.5, 0.6) is 5.75 Å². The molecule has 6 atom stereocenters. The van der Waals surface area contributed by atoms with Gasteiger partial charge in [0, 0.05) is 45.8 Å². The lowest BCUT2D eigenvalue weighted by Crippen LogP contribution is -2.38. The number of nitrogens with zero attached hydrogens (tertiary/aromatic N) is 4. The Labute approximate surface area is 535 Å². The fraction of sp³-hybridized carbons (Fsp3) is 0.648. The molecule has 0 bridgehead atoms. The molecule has 0 aromatic heterocycles. The molecule has 3 aromatic rings. The normalized spacial score (nSPS) is 18.5. The highest BCUT2D eigenvalue weighted by Gasteiger charge is 2.43. The highest BCUT2D eigenvalue weighted by Crippen LogP contribution is 2.35. The molecule has 0 saturated carbocycles. The summed E-state index contributed by atoms with van der Waals surface area (Å²) in [5.74, 6) is -2.80. The number of rotatable bonds is 20. The average Bonchev–Trinajstić information content (AvgIpc) is 1.73. The first-order valence-electron chi connectivity index (χ1n) is 32.1. The van der Waals surface area contributed by atoms with Crippen molar-refractivity contribution in [2.24, 2.45) is 35.5 Å². The van der Waals surface area contributed by atoms with Crippen LogP contribution in [0.25, 0.3) is 0 Å². The van der Waals surface area contributed by atoms with Gasteiger partial charge >= 0.3 is 42.3 Å². The lowest BCUT2D eigenvalue weighted by atomic mass is 9.85. The van der Waals surface area contributed by atoms with E-state index in [9.17, 15) is 33.6 Å². The summed E-state index contributed by atoms with van der Waals surface area (Å²) in [5.41, 5.74) is -0.244. The van der Waals surface area contributed by atoms with E-state index in [2.05, 4.69) is 0 Å². The van der Waals surface area contributed by atoms with E-state index in [1.54, 1.807) is 19.6 Å². The van der Waals surface area contributed by atoms with Gasteiger partial charge in [0.1, 0.15) is 52.6 Å². The fourth-order valence-electron chi connectivity index (χ4n) is 11.5. The number of amides is 4. The van der Waals surface area contributed by atoms with Crippen molar-refractivity contribution in [1.29, 1.82) is 0 Å². The fourth-order valence-corrected chi connectivity index (χ4v) is 11.5. The summed E-state index contributed by atoms with van der Waals surface area (Å²) in [6.07, 6.45) is 0.910. The zero-order valence-corrected chi connectivity index (χ0v) is 57.1. The maximum absolute atomic E-state index is 14.6. The molecular weight excluding hydrogens is 1150 g/mol. The van der Waals surface area contributed by atoms with E-state index in [-0.39, 0.29) is 62.0 Å². The van der Waals surface area contributed by atoms with E-state index in [0.29, 0.717) is 89.1 Å². The molecular formula is C71H104N4O15. The first-order valence-corrected chi connectivity index (χ1v) is 32.1. The molecule has 6 rings (SSSR count). The van der Waals surface area contributed by atoms with Gasteiger partial charge in [-0.25, -0.2) is 19.2 Å². The van der Waals surface area contributed by atoms with Crippen molar-refractivity contribution in [3.05, 3.63) is 101 Å². The van der Waals surface area contributed by atoms with E-state index in [4.69, 9.17) is 37.9 Å². The maximum Gasteiger partial charge on any atom is 0.410 e. The van der Waals surface area contributed by atoms with Crippen LogP contribution in [0.3, 0.4) is 0 Å². The van der Waals surface area contributed by atoms with Crippen LogP contribution in [0.2, 0.25) is 0 Å². The van der Waals surface area contributed by atoms with E-state index < -0.39 is 75.7 Å². The van der Waals surface area contributed by atoms with Crippen molar-refractivity contribution in [2.75, 3.05) is 52.4 Å². The van der Waals surface area contributed by atoms with Gasteiger partial charge in [-0.05, 0) is 221 Å². The third kappa shape index (κ3) is 24.0. The molecule has 3 saturated heterocycles. The van der Waals surface area contributed by atoms with Crippen molar-refractivity contribution >= 4 is 42.3 Å². The topological polar surface area (TPSA) is 206 Å². The van der Waals surface area contributed by atoms with Crippen LogP contribution in [-0.2, 0) is 80.0 Å². The Kier molecular flexibility index (Phi) is 23.9. The molecule has 3 aliphatic rings. The lowest BCUT2D eigenvalue weighted by molar-refractivity contribution is -0.163. The molecule has 19 heteroatoms. The van der Waals surface area contributed by atoms with Gasteiger partial charge in [-0.2, -0.15) is 0 Å². The van der Waals surface area contributed by atoms with Gasteiger partial charge in [-0.1, -0.05) is 60.7 Å². The van der Waals surface area contributed by atoms with E-state index in [1.165, 1.54) is 0 Å². The van der Waals surface area contributed by atoms with Crippen LogP contribution in [0, 0.1) is 35.5 Å². The molecule has 19 nitrogen and oxygen atoms in total. The summed E-state index contributed by atoms with van der Waals surface area (Å²) < 4.78 is 47.5. The summed E-state index contributed by atoms with van der Waals surface area (Å²) in [4.78, 5) is 103. The largest absolute Gasteiger partial charge is 0.492 e. The number of carbonyl (C=O) groups excluding carboxylic acids is 7. The minimum Gasteiger partial charge on any atom is -0.492 e. The predicted molar refractivity (Wildman–Crippen MR) is 342 cm³/mol. The Bertz CT molecular complexity index is 2960. The number of likely N-dealkylation sites (tertiary alicyclic amines) is 3. The molecule has 90 heavy (non-hydrogen) atoms. The average molecular weight is 1250 g/mol. The van der Waals surface area contributed by atoms with E-state index in [1.807, 2.05) is 197 Å². The van der Waals surface area contributed by atoms with Gasteiger partial charge < -0.3 is 57.5 Å². The van der Waals surface area contributed by atoms with Crippen molar-refractivity contribution < 1.29 is 71.5 Å². The Morgan fingerprint density at radius 2 is 0.756 bits per heavy atom. The molecule has 0 N–H and O–H groups in total. The molecule has 0 spiro atoms. The van der Waals surface area contributed by atoms with E-state index in [0.717, 1.165) is 22.3 Å². The molecule has 0 unspecified atom stereocenters. The standard InChI is InChI=1S/C71H104N4O15/c1-66(2,3)85-59(76)56(52-28-31-72(43-52)63(80)88-69(10,11)12)39-47-22-19-25-50(36-47)42-75(34-35-83-55-27-21-24-49(38-55)41-58(61(78)87-68(7,8)9)54-30-33-74(45-54)65(82)90-71(16,17)18)62(79)84-46-51-26-20-23-48(37-51)40-57(60(77)86-67(4,5)6)53-29-32-73(44-53)64(81)89-70(13,14)15/h19-27,36-38,52-54,56-58H,28-35,39-46H2,1-18H3/t52-,53-,54-,56-,57-,58-/m0/s1. The third-order valence-corrected chi connectivity index (χ3v) is 15.3. The van der Waals surface area contributed by atoms with Gasteiger partial charge in [0.05, 0.1) is 24.3 Å². The first kappa shape index (κ1) is 72.0. The van der Waals surface area contributed by atoms with Crippen LogP contribution in [0.1, 0.15) is 172 Å². The second-order valence-electron chi connectivity index (χ2n) is 30.6. The molecule has 3 aliphatic heterocycles. The zero-order valence-electron chi connectivity index (χ0n) is 57.1. The highest BCUT2D eigenvalue weighted by molar-refractivity contribution is 5.76. The lowest BCUT2D eigenvalue weighted by Gasteiger charge is -2.28. The second-order valence-corrected chi connectivity index (χ2v) is 30.6. The van der Waals surface area contributed by atoms with Gasteiger partial charge in [-0.15, -0.1) is 0 Å². The number of esters is 3. The number of hydrogen-bond acceptors (Lipinski definition) is 15. The monoisotopic (exact) mass is 1250 g/mol. The maximum atomic E-state index is 14.6. The van der Waals surface area contributed by atoms with Crippen molar-refractivity contribution in [3.8, 4) is 5.75 Å². The summed E-state index contributed by atoms with van der Waals surface area (Å²) in [6, 6.07) is 22.8. The zero-order chi connectivity index (χ0) is 66.7. The van der Waals surface area contributed by atoms with Crippen LogP contribution >= 0.6 is 0 Å². The molecule has 0 aliphatic carbocycles. The molecule has 3 fully saturated rings. The van der Waals surface area contributed by atoms with Gasteiger partial charge in [0.2, 0.25) is 0 Å². The molecule has 0 radical (unpaired) electrons. The number of ether oxygens (including phenoxy) is 8. The van der Waals surface area contributed by atoms with Gasteiger partial charge in [0.25, 0.3) is 0 Å². The number of hydrogen-bond donors (Lipinski definition) is 0. The van der Waals surface area contributed by atoms with Crippen LogP contribution in [-0.4, -0.2) is 148 Å². The van der Waals surface area contributed by atoms with Crippen molar-refractivity contribution in [2.45, 2.75) is 210 Å². The molecule has 3 heterocycles. The SMILES string of the molecule is CC(C)(C)OC(=O)[C@@H](Cc1cccc(COC(=O)N(CCOc2cccc(C[C@H](C(=O)OC(C)(C)C)[C@H]3CCN(C(=O)OC(C)(C)C)C3)c2)Cc2cccc(C[C@H](C(=O)OC(C)(C)C)[C@H]3CCN(C(=O)OC(C)(C)C)C3)c2)c1)[C@H]1CCN(C(=O)OC(C)(C)C)C1. The molecule has 3 aromatic carbocycles. The number of benzene rings is 3. The molecule has 4 amide bonds. The predicted octanol–water partition coefficient (Wildman–Crippen LogP) is 13.2. The van der Waals surface area contributed by atoms with E-state index >= 15 is 0 Å².